The quantitative estimate of drug-likeness (QED) is 0.680. The molecule has 0 spiro atoms. The number of Topliss-reactive ketones (excluding diaryl/α,β-unsaturated/α-hetero) is 1. The number of fused-ring (bicyclic) bond motifs is 1. The molecule has 0 fully saturated rings. The third-order valence-corrected chi connectivity index (χ3v) is 4.93. The van der Waals surface area contributed by atoms with Gasteiger partial charge in [-0.15, -0.1) is 0 Å². The van der Waals surface area contributed by atoms with Crippen molar-refractivity contribution in [3.8, 4) is 0 Å². The van der Waals surface area contributed by atoms with Crippen LogP contribution in [0, 0.1) is 0 Å². The second-order valence-corrected chi connectivity index (χ2v) is 6.91. The molecule has 1 aliphatic rings. The third kappa shape index (κ3) is 3.64. The van der Waals surface area contributed by atoms with E-state index in [1.54, 1.807) is 36.7 Å². The number of nitrogens with one attached hydrogen (secondary N) is 1. The van der Waals surface area contributed by atoms with Crippen LogP contribution in [0.4, 0.5) is 17.1 Å². The van der Waals surface area contributed by atoms with Gasteiger partial charge in [-0.1, -0.05) is 30.3 Å². The number of benzene rings is 2. The number of anilines is 3. The summed E-state index contributed by atoms with van der Waals surface area (Å²) in [5, 5.41) is 2.85. The number of pyridine rings is 1. The second-order valence-electron chi connectivity index (χ2n) is 6.91. The Labute approximate surface area is 164 Å². The molecule has 140 valence electrons. The van der Waals surface area contributed by atoms with Gasteiger partial charge >= 0.3 is 0 Å². The number of hydrogen-bond acceptors (Lipinski definition) is 4. The summed E-state index contributed by atoms with van der Waals surface area (Å²) in [5.41, 5.74) is 5.01. The van der Waals surface area contributed by atoms with Crippen LogP contribution < -0.4 is 10.2 Å². The maximum absolute atomic E-state index is 12.7. The first-order valence-electron chi connectivity index (χ1n) is 9.35. The molecule has 2 aromatic carbocycles. The van der Waals surface area contributed by atoms with Gasteiger partial charge in [-0.05, 0) is 49.6 Å². The molecular formula is C23H21N3O2. The van der Waals surface area contributed by atoms with E-state index in [4.69, 9.17) is 0 Å². The largest absolute Gasteiger partial charge is 0.340 e. The smallest absolute Gasteiger partial charge is 0.257 e. The highest BCUT2D eigenvalue weighted by Crippen LogP contribution is 2.33. The van der Waals surface area contributed by atoms with Gasteiger partial charge in [-0.3, -0.25) is 14.6 Å². The maximum Gasteiger partial charge on any atom is 0.257 e. The number of rotatable bonds is 4. The Kier molecular flexibility index (Phi) is 4.89. The Balaban J connectivity index is 1.59. The molecule has 1 amide bonds. The fourth-order valence-electron chi connectivity index (χ4n) is 3.52. The van der Waals surface area contributed by atoms with Crippen LogP contribution >= 0.6 is 0 Å². The number of aromatic nitrogens is 1. The van der Waals surface area contributed by atoms with E-state index < -0.39 is 0 Å². The predicted molar refractivity (Wildman–Crippen MR) is 110 cm³/mol. The van der Waals surface area contributed by atoms with Crippen LogP contribution in [0.2, 0.25) is 0 Å². The number of amides is 1. The van der Waals surface area contributed by atoms with Gasteiger partial charge in [0.1, 0.15) is 0 Å². The van der Waals surface area contributed by atoms with E-state index in [1.165, 1.54) is 18.2 Å². The first-order chi connectivity index (χ1) is 13.6. The Hall–Kier alpha value is -3.47. The van der Waals surface area contributed by atoms with E-state index in [0.29, 0.717) is 16.8 Å². The van der Waals surface area contributed by atoms with Crippen LogP contribution in [0.25, 0.3) is 0 Å². The van der Waals surface area contributed by atoms with Crippen molar-refractivity contribution in [2.45, 2.75) is 19.8 Å². The Morgan fingerprint density at radius 3 is 2.71 bits per heavy atom. The number of para-hydroxylation sites is 1. The normalized spacial score (nSPS) is 13.0. The minimum absolute atomic E-state index is 0.0384. The van der Waals surface area contributed by atoms with Crippen molar-refractivity contribution in [3.63, 3.8) is 0 Å². The Morgan fingerprint density at radius 1 is 1.00 bits per heavy atom. The lowest BCUT2D eigenvalue weighted by atomic mass is 10.0. The molecule has 0 aliphatic carbocycles. The van der Waals surface area contributed by atoms with Gasteiger partial charge in [0.2, 0.25) is 0 Å². The van der Waals surface area contributed by atoms with Gasteiger partial charge in [0.05, 0.1) is 17.4 Å². The minimum atomic E-state index is -0.250. The van der Waals surface area contributed by atoms with E-state index in [2.05, 4.69) is 33.4 Å². The molecule has 2 heterocycles. The summed E-state index contributed by atoms with van der Waals surface area (Å²) in [6, 6.07) is 17.1. The summed E-state index contributed by atoms with van der Waals surface area (Å²) in [5.74, 6) is -0.288. The summed E-state index contributed by atoms with van der Waals surface area (Å²) in [7, 11) is 0. The van der Waals surface area contributed by atoms with Gasteiger partial charge in [0, 0.05) is 29.7 Å². The molecule has 0 bridgehead atoms. The molecule has 0 unspecified atom stereocenters. The average Bonchev–Trinajstić information content (AvgIpc) is 2.73. The standard InChI is InChI=1S/C23H21N3O2/c1-16(27)18-7-4-9-20(12-18)25-23(28)19-13-21(15-24-14-19)26-11-5-8-17-6-2-3-10-22(17)26/h2-4,6-7,9-10,12-15H,5,8,11H2,1H3,(H,25,28). The van der Waals surface area contributed by atoms with Crippen molar-refractivity contribution in [2.24, 2.45) is 0 Å². The summed E-state index contributed by atoms with van der Waals surface area (Å²) in [6.07, 6.45) is 5.47. The highest BCUT2D eigenvalue weighted by molar-refractivity contribution is 6.05. The SMILES string of the molecule is CC(=O)c1cccc(NC(=O)c2cncc(N3CCCc4ccccc43)c2)c1. The third-order valence-electron chi connectivity index (χ3n) is 4.93. The number of nitrogens with zero attached hydrogens (tertiary/aromatic N) is 2. The number of aryl methyl sites for hydroxylation is 1. The van der Waals surface area contributed by atoms with Crippen molar-refractivity contribution in [3.05, 3.63) is 83.7 Å². The monoisotopic (exact) mass is 371 g/mol. The van der Waals surface area contributed by atoms with Crippen LogP contribution in [-0.2, 0) is 6.42 Å². The van der Waals surface area contributed by atoms with Crippen LogP contribution in [-0.4, -0.2) is 23.2 Å². The molecule has 0 atom stereocenters. The van der Waals surface area contributed by atoms with Crippen molar-refractivity contribution in [2.75, 3.05) is 16.8 Å². The van der Waals surface area contributed by atoms with Crippen molar-refractivity contribution in [1.82, 2.24) is 4.98 Å². The van der Waals surface area contributed by atoms with Crippen molar-refractivity contribution >= 4 is 28.8 Å². The predicted octanol–water partition coefficient (Wildman–Crippen LogP) is 4.62. The Bertz CT molecular complexity index is 1050. The summed E-state index contributed by atoms with van der Waals surface area (Å²) >= 11 is 0. The molecule has 4 rings (SSSR count). The lowest BCUT2D eigenvalue weighted by Crippen LogP contribution is -2.25. The van der Waals surface area contributed by atoms with E-state index >= 15 is 0 Å². The first kappa shape index (κ1) is 17.9. The van der Waals surface area contributed by atoms with E-state index in [9.17, 15) is 9.59 Å². The molecule has 1 aromatic heterocycles. The zero-order chi connectivity index (χ0) is 19.5. The topological polar surface area (TPSA) is 62.3 Å². The van der Waals surface area contributed by atoms with E-state index in [-0.39, 0.29) is 11.7 Å². The van der Waals surface area contributed by atoms with Crippen LogP contribution in [0.1, 0.15) is 39.6 Å². The van der Waals surface area contributed by atoms with E-state index in [1.807, 2.05) is 12.1 Å². The molecule has 1 N–H and O–H groups in total. The van der Waals surface area contributed by atoms with Crippen molar-refractivity contribution in [1.29, 1.82) is 0 Å². The highest BCUT2D eigenvalue weighted by atomic mass is 16.1. The van der Waals surface area contributed by atoms with Crippen LogP contribution in [0.15, 0.2) is 67.0 Å². The molecule has 5 heteroatoms. The lowest BCUT2D eigenvalue weighted by Gasteiger charge is -2.31. The average molecular weight is 371 g/mol. The minimum Gasteiger partial charge on any atom is -0.340 e. The number of carbonyl (C=O) groups excluding carboxylic acids is 2. The molecule has 5 nitrogen and oxygen atoms in total. The summed E-state index contributed by atoms with van der Waals surface area (Å²) < 4.78 is 0. The van der Waals surface area contributed by atoms with Gasteiger partial charge in [0.25, 0.3) is 5.91 Å². The molecule has 0 saturated carbocycles. The van der Waals surface area contributed by atoms with Gasteiger partial charge < -0.3 is 10.2 Å². The van der Waals surface area contributed by atoms with Gasteiger partial charge in [0.15, 0.2) is 5.78 Å². The number of carbonyl (C=O) groups is 2. The molecule has 3 aromatic rings. The highest BCUT2D eigenvalue weighted by Gasteiger charge is 2.19. The Morgan fingerprint density at radius 2 is 1.86 bits per heavy atom. The fourth-order valence-corrected chi connectivity index (χ4v) is 3.52. The molecule has 28 heavy (non-hydrogen) atoms. The lowest BCUT2D eigenvalue weighted by molar-refractivity contribution is 0.101. The van der Waals surface area contributed by atoms with Crippen LogP contribution in [0.3, 0.4) is 0 Å². The number of hydrogen-bond donors (Lipinski definition) is 1. The zero-order valence-electron chi connectivity index (χ0n) is 15.7. The molecular weight excluding hydrogens is 350 g/mol. The summed E-state index contributed by atoms with van der Waals surface area (Å²) in [4.78, 5) is 30.8. The molecule has 1 aliphatic heterocycles. The van der Waals surface area contributed by atoms with Crippen LogP contribution in [0.5, 0.6) is 0 Å². The van der Waals surface area contributed by atoms with Gasteiger partial charge in [-0.25, -0.2) is 0 Å². The maximum atomic E-state index is 12.7. The zero-order valence-corrected chi connectivity index (χ0v) is 15.7. The summed E-state index contributed by atoms with van der Waals surface area (Å²) in [6.45, 7) is 2.40. The fraction of sp³-hybridized carbons (Fsp3) is 0.174. The van der Waals surface area contributed by atoms with Gasteiger partial charge in [-0.2, -0.15) is 0 Å². The first-order valence-corrected chi connectivity index (χ1v) is 9.35. The molecule has 0 radical (unpaired) electrons. The molecule has 0 saturated heterocycles. The van der Waals surface area contributed by atoms with Crippen molar-refractivity contribution < 1.29 is 9.59 Å². The second kappa shape index (κ2) is 7.64. The van der Waals surface area contributed by atoms with E-state index in [0.717, 1.165) is 25.1 Å². The number of ketones is 1.